The number of anilines is 1. The number of benzene rings is 2. The molecule has 0 spiro atoms. The normalized spacial score (nSPS) is 10.2. The molecule has 2 aromatic carbocycles. The fourth-order valence-electron chi connectivity index (χ4n) is 2.09. The van der Waals surface area contributed by atoms with Gasteiger partial charge < -0.3 is 14.8 Å². The Balaban J connectivity index is 1.84. The van der Waals surface area contributed by atoms with Crippen LogP contribution in [0.3, 0.4) is 0 Å². The molecule has 2 rings (SSSR count). The third-order valence-electron chi connectivity index (χ3n) is 3.63. The number of esters is 1. The van der Waals surface area contributed by atoms with Gasteiger partial charge in [-0.15, -0.1) is 0 Å². The summed E-state index contributed by atoms with van der Waals surface area (Å²) in [5.41, 5.74) is 1.71. The highest BCUT2D eigenvalue weighted by molar-refractivity contribution is 6.31. The van der Waals surface area contributed by atoms with Crippen LogP contribution in [0.2, 0.25) is 5.02 Å². The average Bonchev–Trinajstić information content (AvgIpc) is 2.60. The minimum atomic E-state index is -0.746. The van der Waals surface area contributed by atoms with Gasteiger partial charge in [0.25, 0.3) is 11.6 Å². The van der Waals surface area contributed by atoms with Gasteiger partial charge in [0, 0.05) is 11.1 Å². The fraction of sp³-hybridized carbons (Fsp3) is 0.222. The first-order valence-electron chi connectivity index (χ1n) is 7.85. The molecule has 0 aliphatic carbocycles. The molecule has 0 aliphatic heterocycles. The van der Waals surface area contributed by atoms with Crippen LogP contribution in [-0.4, -0.2) is 30.0 Å². The van der Waals surface area contributed by atoms with Gasteiger partial charge in [-0.2, -0.15) is 0 Å². The number of hydrogen-bond donors (Lipinski definition) is 1. The Morgan fingerprint density at radius 3 is 2.52 bits per heavy atom. The van der Waals surface area contributed by atoms with Crippen molar-refractivity contribution in [3.63, 3.8) is 0 Å². The SMILES string of the molecule is Cc1ccc(OCC(=O)OCC(=O)Nc2cc(Cl)ccc2[N+](=O)[O-])cc1C. The Morgan fingerprint density at radius 2 is 1.85 bits per heavy atom. The van der Waals surface area contributed by atoms with E-state index >= 15 is 0 Å². The second-order valence-electron chi connectivity index (χ2n) is 5.66. The minimum Gasteiger partial charge on any atom is -0.482 e. The van der Waals surface area contributed by atoms with Crippen LogP contribution in [0, 0.1) is 24.0 Å². The van der Waals surface area contributed by atoms with Crippen molar-refractivity contribution in [2.24, 2.45) is 0 Å². The van der Waals surface area contributed by atoms with Crippen molar-refractivity contribution in [1.82, 2.24) is 0 Å². The van der Waals surface area contributed by atoms with E-state index in [9.17, 15) is 19.7 Å². The van der Waals surface area contributed by atoms with Gasteiger partial charge in [-0.1, -0.05) is 17.7 Å². The second kappa shape index (κ2) is 9.00. The Morgan fingerprint density at radius 1 is 1.11 bits per heavy atom. The number of carbonyl (C=O) groups excluding carboxylic acids is 2. The van der Waals surface area contributed by atoms with Crippen molar-refractivity contribution in [3.05, 3.63) is 62.7 Å². The summed E-state index contributed by atoms with van der Waals surface area (Å²) in [6, 6.07) is 9.11. The number of aryl methyl sites for hydroxylation is 2. The van der Waals surface area contributed by atoms with Crippen LogP contribution < -0.4 is 10.1 Å². The lowest BCUT2D eigenvalue weighted by Crippen LogP contribution is -2.24. The molecule has 0 saturated heterocycles. The number of nitrogens with one attached hydrogen (secondary N) is 1. The molecule has 0 fully saturated rings. The van der Waals surface area contributed by atoms with Crippen molar-refractivity contribution < 1.29 is 24.0 Å². The monoisotopic (exact) mass is 392 g/mol. The lowest BCUT2D eigenvalue weighted by atomic mass is 10.1. The van der Waals surface area contributed by atoms with Crippen molar-refractivity contribution in [1.29, 1.82) is 0 Å². The maximum absolute atomic E-state index is 11.9. The molecule has 0 bridgehead atoms. The van der Waals surface area contributed by atoms with Gasteiger partial charge in [0.1, 0.15) is 11.4 Å². The molecule has 0 heterocycles. The Bertz CT molecular complexity index is 884. The summed E-state index contributed by atoms with van der Waals surface area (Å²) in [4.78, 5) is 33.9. The molecule has 0 aromatic heterocycles. The molecule has 0 unspecified atom stereocenters. The molecule has 2 aromatic rings. The van der Waals surface area contributed by atoms with Gasteiger partial charge in [-0.05, 0) is 49.2 Å². The maximum Gasteiger partial charge on any atom is 0.344 e. The molecule has 0 saturated carbocycles. The molecular formula is C18H17ClN2O6. The van der Waals surface area contributed by atoms with Gasteiger partial charge >= 0.3 is 5.97 Å². The zero-order chi connectivity index (χ0) is 20.0. The lowest BCUT2D eigenvalue weighted by Gasteiger charge is -2.09. The number of nitro groups is 1. The van der Waals surface area contributed by atoms with Crippen molar-refractivity contribution in [3.8, 4) is 5.75 Å². The summed E-state index contributed by atoms with van der Waals surface area (Å²) in [7, 11) is 0. The predicted molar refractivity (Wildman–Crippen MR) is 99.1 cm³/mol. The number of amides is 1. The number of hydrogen-bond acceptors (Lipinski definition) is 6. The van der Waals surface area contributed by atoms with E-state index in [1.165, 1.54) is 18.2 Å². The minimum absolute atomic E-state index is 0.0834. The van der Waals surface area contributed by atoms with Gasteiger partial charge in [-0.25, -0.2) is 4.79 Å². The Kier molecular flexibility index (Phi) is 6.73. The molecule has 1 amide bonds. The molecule has 0 radical (unpaired) electrons. The maximum atomic E-state index is 11.9. The summed E-state index contributed by atoms with van der Waals surface area (Å²) < 4.78 is 10.1. The molecule has 1 N–H and O–H groups in total. The van der Waals surface area contributed by atoms with E-state index < -0.39 is 23.4 Å². The number of nitrogens with zero attached hydrogens (tertiary/aromatic N) is 1. The number of ether oxygens (including phenoxy) is 2. The molecule has 8 nitrogen and oxygen atoms in total. The third-order valence-corrected chi connectivity index (χ3v) is 3.86. The van der Waals surface area contributed by atoms with Crippen molar-refractivity contribution in [2.45, 2.75) is 13.8 Å². The van der Waals surface area contributed by atoms with Crippen LogP contribution in [0.25, 0.3) is 0 Å². The fourth-order valence-corrected chi connectivity index (χ4v) is 2.26. The van der Waals surface area contributed by atoms with Crippen LogP contribution in [0.4, 0.5) is 11.4 Å². The number of nitro benzene ring substituents is 1. The summed E-state index contributed by atoms with van der Waals surface area (Å²) >= 11 is 5.78. The van der Waals surface area contributed by atoms with E-state index in [0.717, 1.165) is 11.1 Å². The third kappa shape index (κ3) is 5.96. The van der Waals surface area contributed by atoms with E-state index in [-0.39, 0.29) is 23.0 Å². The zero-order valence-corrected chi connectivity index (χ0v) is 15.4. The molecule has 0 aliphatic rings. The number of carbonyl (C=O) groups is 2. The first kappa shape index (κ1) is 20.2. The summed E-state index contributed by atoms with van der Waals surface area (Å²) in [6.07, 6.45) is 0. The van der Waals surface area contributed by atoms with Crippen LogP contribution >= 0.6 is 11.6 Å². The lowest BCUT2D eigenvalue weighted by molar-refractivity contribution is -0.383. The zero-order valence-electron chi connectivity index (χ0n) is 14.7. The topological polar surface area (TPSA) is 108 Å². The molecule has 0 atom stereocenters. The van der Waals surface area contributed by atoms with Crippen molar-refractivity contribution >= 4 is 34.9 Å². The highest BCUT2D eigenvalue weighted by Gasteiger charge is 2.17. The summed E-state index contributed by atoms with van der Waals surface area (Å²) in [6.45, 7) is 2.89. The van der Waals surface area contributed by atoms with E-state index in [4.69, 9.17) is 21.1 Å². The van der Waals surface area contributed by atoms with Crippen LogP contribution in [0.15, 0.2) is 36.4 Å². The second-order valence-corrected chi connectivity index (χ2v) is 6.10. The Hall–Kier alpha value is -3.13. The largest absolute Gasteiger partial charge is 0.482 e. The standard InChI is InChI=1S/C18H17ClN2O6/c1-11-3-5-14(7-12(11)2)26-10-18(23)27-9-17(22)20-15-8-13(19)4-6-16(15)21(24)25/h3-8H,9-10H2,1-2H3,(H,20,22). The van der Waals surface area contributed by atoms with E-state index in [2.05, 4.69) is 5.32 Å². The average molecular weight is 393 g/mol. The van der Waals surface area contributed by atoms with Crippen LogP contribution in [-0.2, 0) is 14.3 Å². The first-order chi connectivity index (χ1) is 12.8. The van der Waals surface area contributed by atoms with Gasteiger partial charge in [0.05, 0.1) is 4.92 Å². The van der Waals surface area contributed by atoms with Gasteiger partial charge in [0.2, 0.25) is 0 Å². The molecule has 142 valence electrons. The van der Waals surface area contributed by atoms with E-state index in [0.29, 0.717) is 5.75 Å². The van der Waals surface area contributed by atoms with E-state index in [1.807, 2.05) is 19.9 Å². The van der Waals surface area contributed by atoms with Gasteiger partial charge in [-0.3, -0.25) is 14.9 Å². The predicted octanol–water partition coefficient (Wildman–Crippen LogP) is 3.43. The van der Waals surface area contributed by atoms with E-state index in [1.54, 1.807) is 12.1 Å². The summed E-state index contributed by atoms with van der Waals surface area (Å²) in [5.74, 6) is -0.974. The van der Waals surface area contributed by atoms with Gasteiger partial charge in [0.15, 0.2) is 13.2 Å². The number of halogens is 1. The molecule has 9 heteroatoms. The molecule has 27 heavy (non-hydrogen) atoms. The van der Waals surface area contributed by atoms with Crippen LogP contribution in [0.1, 0.15) is 11.1 Å². The highest BCUT2D eigenvalue weighted by Crippen LogP contribution is 2.27. The molecular weight excluding hydrogens is 376 g/mol. The quantitative estimate of drug-likeness (QED) is 0.439. The van der Waals surface area contributed by atoms with Crippen molar-refractivity contribution in [2.75, 3.05) is 18.5 Å². The summed E-state index contributed by atoms with van der Waals surface area (Å²) in [5, 5.41) is 13.5. The Labute approximate surface area is 160 Å². The number of rotatable bonds is 7. The highest BCUT2D eigenvalue weighted by atomic mass is 35.5. The smallest absolute Gasteiger partial charge is 0.344 e. The first-order valence-corrected chi connectivity index (χ1v) is 8.23. The van der Waals surface area contributed by atoms with Crippen LogP contribution in [0.5, 0.6) is 5.75 Å².